The highest BCUT2D eigenvalue weighted by atomic mass is 19.4. The topological polar surface area (TPSA) is 64.6 Å². The van der Waals surface area contributed by atoms with Crippen LogP contribution < -0.4 is 10.1 Å². The number of alkyl halides is 3. The van der Waals surface area contributed by atoms with E-state index in [-0.39, 0.29) is 0 Å². The quantitative estimate of drug-likeness (QED) is 0.793. The molecule has 0 aliphatic heterocycles. The molecule has 0 fully saturated rings. The highest BCUT2D eigenvalue weighted by Gasteiger charge is 2.33. The number of anilines is 1. The predicted octanol–water partition coefficient (Wildman–Crippen LogP) is 3.57. The maximum Gasteiger partial charge on any atom is 0.418 e. The lowest BCUT2D eigenvalue weighted by Gasteiger charge is -2.13. The van der Waals surface area contributed by atoms with Gasteiger partial charge in [-0.1, -0.05) is 29.8 Å². The molecule has 0 heterocycles. The van der Waals surface area contributed by atoms with Crippen LogP contribution >= 0.6 is 0 Å². The van der Waals surface area contributed by atoms with E-state index in [0.717, 1.165) is 17.7 Å². The average molecular weight is 367 g/mol. The number of carbonyl (C=O) groups excluding carboxylic acids is 2. The first-order valence-corrected chi connectivity index (χ1v) is 7.57. The van der Waals surface area contributed by atoms with Crippen LogP contribution in [0.4, 0.5) is 18.9 Å². The number of hydrogen-bond donors (Lipinski definition) is 1. The average Bonchev–Trinajstić information content (AvgIpc) is 2.59. The minimum atomic E-state index is -4.61. The van der Waals surface area contributed by atoms with Crippen molar-refractivity contribution in [1.29, 1.82) is 0 Å². The van der Waals surface area contributed by atoms with Gasteiger partial charge in [-0.2, -0.15) is 13.2 Å². The van der Waals surface area contributed by atoms with E-state index in [1.54, 1.807) is 24.3 Å². The summed E-state index contributed by atoms with van der Waals surface area (Å²) < 4.78 is 48.4. The molecule has 0 bridgehead atoms. The van der Waals surface area contributed by atoms with Gasteiger partial charge in [0.25, 0.3) is 5.91 Å². The van der Waals surface area contributed by atoms with Crippen molar-refractivity contribution in [2.75, 3.05) is 18.5 Å². The zero-order valence-corrected chi connectivity index (χ0v) is 13.8. The van der Waals surface area contributed by atoms with Gasteiger partial charge in [0.1, 0.15) is 5.75 Å². The van der Waals surface area contributed by atoms with E-state index in [9.17, 15) is 22.8 Å². The van der Waals surface area contributed by atoms with E-state index < -0.39 is 42.5 Å². The number of aryl methyl sites for hydroxylation is 1. The van der Waals surface area contributed by atoms with Crippen molar-refractivity contribution < 1.29 is 32.2 Å². The molecule has 2 aromatic rings. The molecular weight excluding hydrogens is 351 g/mol. The van der Waals surface area contributed by atoms with Gasteiger partial charge >= 0.3 is 12.1 Å². The lowest BCUT2D eigenvalue weighted by molar-refractivity contribution is -0.149. The van der Waals surface area contributed by atoms with E-state index >= 15 is 0 Å². The van der Waals surface area contributed by atoms with Crippen LogP contribution in [-0.4, -0.2) is 25.1 Å². The van der Waals surface area contributed by atoms with Gasteiger partial charge in [-0.15, -0.1) is 0 Å². The summed E-state index contributed by atoms with van der Waals surface area (Å²) in [6, 6.07) is 11.5. The fourth-order valence-electron chi connectivity index (χ4n) is 1.99. The van der Waals surface area contributed by atoms with E-state index in [0.29, 0.717) is 5.75 Å². The molecule has 0 unspecified atom stereocenters. The highest BCUT2D eigenvalue weighted by Crippen LogP contribution is 2.34. The molecule has 8 heteroatoms. The van der Waals surface area contributed by atoms with Crippen molar-refractivity contribution in [2.45, 2.75) is 13.1 Å². The Kier molecular flexibility index (Phi) is 6.21. The second-order valence-electron chi connectivity index (χ2n) is 5.35. The zero-order valence-electron chi connectivity index (χ0n) is 13.8. The molecule has 0 saturated heterocycles. The smallest absolute Gasteiger partial charge is 0.418 e. The number of para-hydroxylation sites is 1. The normalized spacial score (nSPS) is 10.9. The van der Waals surface area contributed by atoms with Crippen LogP contribution in [0.3, 0.4) is 0 Å². The molecular formula is C18H16F3NO4. The molecule has 1 amide bonds. The highest BCUT2D eigenvalue weighted by molar-refractivity contribution is 5.93. The molecule has 0 aliphatic carbocycles. The molecule has 0 aromatic heterocycles. The van der Waals surface area contributed by atoms with Crippen molar-refractivity contribution in [2.24, 2.45) is 0 Å². The minimum Gasteiger partial charge on any atom is -0.482 e. The van der Waals surface area contributed by atoms with Gasteiger partial charge in [-0.3, -0.25) is 4.79 Å². The largest absolute Gasteiger partial charge is 0.482 e. The molecule has 1 N–H and O–H groups in total. The second-order valence-corrected chi connectivity index (χ2v) is 5.35. The van der Waals surface area contributed by atoms with Crippen LogP contribution in [0.15, 0.2) is 48.5 Å². The van der Waals surface area contributed by atoms with Gasteiger partial charge in [0.2, 0.25) is 0 Å². The van der Waals surface area contributed by atoms with Crippen molar-refractivity contribution >= 4 is 17.6 Å². The molecule has 2 aromatic carbocycles. The summed E-state index contributed by atoms with van der Waals surface area (Å²) in [6.45, 7) is 0.755. The van der Waals surface area contributed by atoms with Crippen LogP contribution in [0.1, 0.15) is 11.1 Å². The predicted molar refractivity (Wildman–Crippen MR) is 87.7 cm³/mol. The third-order valence-corrected chi connectivity index (χ3v) is 3.25. The number of ether oxygens (including phenoxy) is 2. The monoisotopic (exact) mass is 367 g/mol. The molecule has 2 rings (SSSR count). The fraction of sp³-hybridized carbons (Fsp3) is 0.222. The van der Waals surface area contributed by atoms with Crippen LogP contribution in [0, 0.1) is 6.92 Å². The second kappa shape index (κ2) is 8.37. The molecule has 5 nitrogen and oxygen atoms in total. The van der Waals surface area contributed by atoms with Crippen molar-refractivity contribution in [3.05, 3.63) is 59.7 Å². The summed E-state index contributed by atoms with van der Waals surface area (Å²) in [5.74, 6) is -1.24. The first kappa shape index (κ1) is 19.3. The Hall–Kier alpha value is -3.03. The summed E-state index contributed by atoms with van der Waals surface area (Å²) in [6.07, 6.45) is -4.61. The Balaban J connectivity index is 1.82. The van der Waals surface area contributed by atoms with Crippen LogP contribution in [0.2, 0.25) is 0 Å². The van der Waals surface area contributed by atoms with Gasteiger partial charge in [0.15, 0.2) is 13.2 Å². The molecule has 0 saturated carbocycles. The first-order valence-electron chi connectivity index (χ1n) is 7.57. The third kappa shape index (κ3) is 5.80. The Labute approximate surface area is 147 Å². The summed E-state index contributed by atoms with van der Waals surface area (Å²) in [7, 11) is 0. The number of esters is 1. The lowest BCUT2D eigenvalue weighted by atomic mass is 10.1. The number of rotatable bonds is 6. The van der Waals surface area contributed by atoms with Gasteiger partial charge in [-0.25, -0.2) is 4.79 Å². The van der Waals surface area contributed by atoms with Crippen LogP contribution in [-0.2, 0) is 20.5 Å². The zero-order chi connectivity index (χ0) is 19.2. The van der Waals surface area contributed by atoms with Gasteiger partial charge < -0.3 is 14.8 Å². The molecule has 138 valence electrons. The lowest BCUT2D eigenvalue weighted by Crippen LogP contribution is -2.24. The Morgan fingerprint density at radius 1 is 1.00 bits per heavy atom. The maximum absolute atomic E-state index is 12.8. The SMILES string of the molecule is Cc1ccc(OCC(=O)OCC(=O)Nc2ccccc2C(F)(F)F)cc1. The molecule has 0 atom stereocenters. The van der Waals surface area contributed by atoms with E-state index in [2.05, 4.69) is 10.1 Å². The van der Waals surface area contributed by atoms with E-state index in [1.165, 1.54) is 12.1 Å². The molecule has 26 heavy (non-hydrogen) atoms. The first-order chi connectivity index (χ1) is 12.3. The van der Waals surface area contributed by atoms with Gasteiger partial charge in [-0.05, 0) is 31.2 Å². The standard InChI is InChI=1S/C18H16F3NO4/c1-12-6-8-13(9-7-12)25-11-17(24)26-10-16(23)22-15-5-3-2-4-14(15)18(19,20)21/h2-9H,10-11H2,1H3,(H,22,23). The minimum absolute atomic E-state index is 0.406. The Bertz CT molecular complexity index is 773. The van der Waals surface area contributed by atoms with Crippen LogP contribution in [0.5, 0.6) is 5.75 Å². The number of nitrogens with one attached hydrogen (secondary N) is 1. The molecule has 0 aliphatic rings. The summed E-state index contributed by atoms with van der Waals surface area (Å²) in [4.78, 5) is 23.3. The van der Waals surface area contributed by atoms with Crippen molar-refractivity contribution in [1.82, 2.24) is 0 Å². The number of carbonyl (C=O) groups is 2. The number of halogens is 3. The summed E-state index contributed by atoms with van der Waals surface area (Å²) >= 11 is 0. The maximum atomic E-state index is 12.8. The molecule has 0 radical (unpaired) electrons. The summed E-state index contributed by atoms with van der Waals surface area (Å²) in [5.41, 5.74) is -0.366. The number of hydrogen-bond acceptors (Lipinski definition) is 4. The van der Waals surface area contributed by atoms with E-state index in [4.69, 9.17) is 4.74 Å². The Morgan fingerprint density at radius 3 is 2.31 bits per heavy atom. The molecule has 0 spiro atoms. The summed E-state index contributed by atoms with van der Waals surface area (Å²) in [5, 5.41) is 2.08. The van der Waals surface area contributed by atoms with Gasteiger partial charge in [0, 0.05) is 0 Å². The number of benzene rings is 2. The van der Waals surface area contributed by atoms with Crippen LogP contribution in [0.25, 0.3) is 0 Å². The Morgan fingerprint density at radius 2 is 1.65 bits per heavy atom. The van der Waals surface area contributed by atoms with Gasteiger partial charge in [0.05, 0.1) is 11.3 Å². The number of amides is 1. The van der Waals surface area contributed by atoms with E-state index in [1.807, 2.05) is 6.92 Å². The van der Waals surface area contributed by atoms with Crippen molar-refractivity contribution in [3.8, 4) is 5.75 Å². The van der Waals surface area contributed by atoms with Crippen molar-refractivity contribution in [3.63, 3.8) is 0 Å². The third-order valence-electron chi connectivity index (χ3n) is 3.25. The fourth-order valence-corrected chi connectivity index (χ4v) is 1.99.